The molecule has 1 amide bonds. The van der Waals surface area contributed by atoms with E-state index in [-0.39, 0.29) is 17.4 Å². The van der Waals surface area contributed by atoms with Crippen molar-refractivity contribution in [1.82, 2.24) is 9.80 Å². The van der Waals surface area contributed by atoms with Gasteiger partial charge in [-0.1, -0.05) is 52.0 Å². The predicted octanol–water partition coefficient (Wildman–Crippen LogP) is 5.36. The molecule has 0 radical (unpaired) electrons. The molecule has 6 heteroatoms. The molecule has 0 spiro atoms. The molecule has 1 atom stereocenters. The third-order valence-electron chi connectivity index (χ3n) is 6.51. The third-order valence-corrected chi connectivity index (χ3v) is 6.51. The second-order valence-corrected chi connectivity index (χ2v) is 9.53. The summed E-state index contributed by atoms with van der Waals surface area (Å²) >= 11 is 0. The van der Waals surface area contributed by atoms with Crippen LogP contribution in [-0.4, -0.2) is 58.9 Å². The van der Waals surface area contributed by atoms with Gasteiger partial charge in [0.25, 0.3) is 11.7 Å². The number of amides is 1. The number of ketones is 1. The lowest BCUT2D eigenvalue weighted by molar-refractivity contribution is -0.140. The molecule has 2 aromatic carbocycles. The zero-order valence-electron chi connectivity index (χ0n) is 21.7. The number of aliphatic hydroxyl groups is 1. The monoisotopic (exact) mass is 478 g/mol. The Labute approximate surface area is 209 Å². The van der Waals surface area contributed by atoms with Gasteiger partial charge in [-0.3, -0.25) is 9.59 Å². The van der Waals surface area contributed by atoms with Gasteiger partial charge < -0.3 is 19.6 Å². The van der Waals surface area contributed by atoms with Crippen molar-refractivity contribution in [3.63, 3.8) is 0 Å². The number of carbonyl (C=O) groups is 2. The summed E-state index contributed by atoms with van der Waals surface area (Å²) in [7, 11) is 0. The number of carbonyl (C=O) groups excluding carboxylic acids is 2. The smallest absolute Gasteiger partial charge is 0.295 e. The molecule has 35 heavy (non-hydrogen) atoms. The van der Waals surface area contributed by atoms with Crippen LogP contribution in [0.1, 0.15) is 70.2 Å². The lowest BCUT2D eigenvalue weighted by atomic mass is 9.93. The van der Waals surface area contributed by atoms with Gasteiger partial charge in [-0.25, -0.2) is 0 Å². The van der Waals surface area contributed by atoms with E-state index < -0.39 is 17.7 Å². The highest BCUT2D eigenvalue weighted by atomic mass is 16.5. The number of likely N-dealkylation sites (tertiary alicyclic amines) is 1. The van der Waals surface area contributed by atoms with Crippen LogP contribution in [0.15, 0.2) is 54.1 Å². The van der Waals surface area contributed by atoms with E-state index in [2.05, 4.69) is 32.6 Å². The van der Waals surface area contributed by atoms with Crippen LogP contribution in [-0.2, 0) is 9.59 Å². The van der Waals surface area contributed by atoms with Crippen LogP contribution in [0.4, 0.5) is 0 Å². The largest absolute Gasteiger partial charge is 0.507 e. The van der Waals surface area contributed by atoms with E-state index in [0.717, 1.165) is 18.7 Å². The molecule has 1 N–H and O–H groups in total. The SMILES string of the molecule is CCN(CC)CCN1C(=O)C(=O)C(=C(O)c2ccc(OC(C)C)cc2)[C@@H]1c1ccc(C(C)C)cc1. The average molecular weight is 479 g/mol. The van der Waals surface area contributed by atoms with Crippen LogP contribution in [0.25, 0.3) is 5.76 Å². The third kappa shape index (κ3) is 5.93. The lowest BCUT2D eigenvalue weighted by Gasteiger charge is -2.28. The Morgan fingerprint density at radius 3 is 2.09 bits per heavy atom. The van der Waals surface area contributed by atoms with Gasteiger partial charge in [0.1, 0.15) is 11.5 Å². The first-order valence-electron chi connectivity index (χ1n) is 12.6. The molecule has 2 aromatic rings. The van der Waals surface area contributed by atoms with Crippen molar-refractivity contribution in [3.05, 3.63) is 70.8 Å². The standard InChI is InChI=1S/C29H38N2O4/c1-7-30(8-2)17-18-31-26(22-11-9-21(10-12-22)19(3)4)25(28(33)29(31)34)27(32)23-13-15-24(16-14-23)35-20(5)6/h9-16,19-20,26,32H,7-8,17-18H2,1-6H3/t26-/m0/s1. The number of nitrogens with zero attached hydrogens (tertiary/aromatic N) is 2. The first-order valence-corrected chi connectivity index (χ1v) is 12.6. The summed E-state index contributed by atoms with van der Waals surface area (Å²) in [5, 5.41) is 11.3. The minimum absolute atomic E-state index is 0.0272. The number of rotatable bonds is 10. The quantitative estimate of drug-likeness (QED) is 0.283. The van der Waals surface area contributed by atoms with Crippen LogP contribution in [0.2, 0.25) is 0 Å². The Hall–Kier alpha value is -3.12. The summed E-state index contributed by atoms with van der Waals surface area (Å²) in [4.78, 5) is 30.2. The first kappa shape index (κ1) is 26.5. The molecule has 1 aliphatic heterocycles. The van der Waals surface area contributed by atoms with Crippen LogP contribution in [0, 0.1) is 0 Å². The van der Waals surface area contributed by atoms with Crippen molar-refractivity contribution in [2.75, 3.05) is 26.2 Å². The molecule has 0 aromatic heterocycles. The summed E-state index contributed by atoms with van der Waals surface area (Å²) in [6, 6.07) is 14.3. The maximum atomic E-state index is 13.2. The maximum Gasteiger partial charge on any atom is 0.295 e. The predicted molar refractivity (Wildman–Crippen MR) is 140 cm³/mol. The Bertz CT molecular complexity index is 1050. The van der Waals surface area contributed by atoms with Crippen molar-refractivity contribution in [2.45, 2.75) is 59.6 Å². The molecule has 1 fully saturated rings. The fourth-order valence-electron chi connectivity index (χ4n) is 4.43. The maximum absolute atomic E-state index is 13.2. The van der Waals surface area contributed by atoms with E-state index in [9.17, 15) is 14.7 Å². The van der Waals surface area contributed by atoms with Crippen molar-refractivity contribution in [1.29, 1.82) is 0 Å². The van der Waals surface area contributed by atoms with E-state index in [1.807, 2.05) is 38.1 Å². The van der Waals surface area contributed by atoms with Gasteiger partial charge in [0.05, 0.1) is 17.7 Å². The summed E-state index contributed by atoms with van der Waals surface area (Å²) < 4.78 is 5.69. The highest BCUT2D eigenvalue weighted by Gasteiger charge is 2.45. The first-order chi connectivity index (χ1) is 16.7. The number of likely N-dealkylation sites (N-methyl/N-ethyl adjacent to an activating group) is 1. The van der Waals surface area contributed by atoms with Crippen molar-refractivity contribution >= 4 is 17.4 Å². The zero-order valence-corrected chi connectivity index (χ0v) is 21.7. The van der Waals surface area contributed by atoms with Crippen molar-refractivity contribution in [3.8, 4) is 5.75 Å². The molecule has 0 saturated carbocycles. The Morgan fingerprint density at radius 2 is 1.57 bits per heavy atom. The van der Waals surface area contributed by atoms with Crippen LogP contribution >= 0.6 is 0 Å². The van der Waals surface area contributed by atoms with Gasteiger partial charge in [-0.05, 0) is 68.2 Å². The fraction of sp³-hybridized carbons (Fsp3) is 0.448. The number of hydrogen-bond donors (Lipinski definition) is 1. The van der Waals surface area contributed by atoms with E-state index in [4.69, 9.17) is 4.74 Å². The molecule has 188 valence electrons. The van der Waals surface area contributed by atoms with E-state index in [1.54, 1.807) is 29.2 Å². The summed E-state index contributed by atoms with van der Waals surface area (Å²) in [5.74, 6) is -0.344. The van der Waals surface area contributed by atoms with Gasteiger partial charge in [-0.15, -0.1) is 0 Å². The number of hydrogen-bond acceptors (Lipinski definition) is 5. The molecule has 1 aliphatic rings. The summed E-state index contributed by atoms with van der Waals surface area (Å²) in [6.45, 7) is 15.1. The molecular formula is C29H38N2O4. The number of aliphatic hydroxyl groups excluding tert-OH is 1. The zero-order chi connectivity index (χ0) is 25.7. The average Bonchev–Trinajstić information content (AvgIpc) is 3.09. The Kier molecular flexibility index (Phi) is 8.73. The molecule has 0 unspecified atom stereocenters. The second kappa shape index (κ2) is 11.5. The fourth-order valence-corrected chi connectivity index (χ4v) is 4.43. The molecule has 1 heterocycles. The summed E-state index contributed by atoms with van der Waals surface area (Å²) in [6.07, 6.45) is 0.0272. The van der Waals surface area contributed by atoms with Crippen LogP contribution < -0.4 is 4.74 Å². The number of ether oxygens (including phenoxy) is 1. The minimum Gasteiger partial charge on any atom is -0.507 e. The molecule has 1 saturated heterocycles. The van der Waals surface area contributed by atoms with E-state index >= 15 is 0 Å². The highest BCUT2D eigenvalue weighted by molar-refractivity contribution is 6.46. The van der Waals surface area contributed by atoms with E-state index in [1.165, 1.54) is 5.56 Å². The lowest BCUT2D eigenvalue weighted by Crippen LogP contribution is -2.38. The van der Waals surface area contributed by atoms with Gasteiger partial charge in [0.2, 0.25) is 0 Å². The van der Waals surface area contributed by atoms with Crippen molar-refractivity contribution in [2.24, 2.45) is 0 Å². The second-order valence-electron chi connectivity index (χ2n) is 9.53. The molecule has 0 aliphatic carbocycles. The van der Waals surface area contributed by atoms with E-state index in [0.29, 0.717) is 30.3 Å². The minimum atomic E-state index is -0.650. The molecule has 6 nitrogen and oxygen atoms in total. The van der Waals surface area contributed by atoms with Gasteiger partial charge in [0.15, 0.2) is 0 Å². The molecule has 3 rings (SSSR count). The van der Waals surface area contributed by atoms with Gasteiger partial charge >= 0.3 is 0 Å². The van der Waals surface area contributed by atoms with Crippen LogP contribution in [0.3, 0.4) is 0 Å². The number of benzene rings is 2. The van der Waals surface area contributed by atoms with Gasteiger partial charge in [0, 0.05) is 18.7 Å². The Balaban J connectivity index is 2.05. The Morgan fingerprint density at radius 1 is 0.971 bits per heavy atom. The number of Topliss-reactive ketones (excluding diaryl/α,β-unsaturated/α-hetero) is 1. The molecule has 0 bridgehead atoms. The van der Waals surface area contributed by atoms with Crippen LogP contribution in [0.5, 0.6) is 5.75 Å². The van der Waals surface area contributed by atoms with Gasteiger partial charge in [-0.2, -0.15) is 0 Å². The highest BCUT2D eigenvalue weighted by Crippen LogP contribution is 2.39. The topological polar surface area (TPSA) is 70.1 Å². The van der Waals surface area contributed by atoms with Crippen molar-refractivity contribution < 1.29 is 19.4 Å². The molecular weight excluding hydrogens is 440 g/mol. The normalized spacial score (nSPS) is 17.7. The summed E-state index contributed by atoms with van der Waals surface area (Å²) in [5.41, 5.74) is 2.60.